The third kappa shape index (κ3) is 6.09. The van der Waals surface area contributed by atoms with Crippen molar-refractivity contribution in [3.05, 3.63) is 29.3 Å². The first-order valence-electron chi connectivity index (χ1n) is 8.37. The van der Waals surface area contributed by atoms with Crippen LogP contribution in [0.3, 0.4) is 0 Å². The minimum atomic E-state index is 0.189. The Morgan fingerprint density at radius 3 is 2.38 bits per heavy atom. The van der Waals surface area contributed by atoms with E-state index in [2.05, 4.69) is 65.1 Å². The van der Waals surface area contributed by atoms with E-state index in [1.807, 2.05) is 0 Å². The molecule has 1 aromatic carbocycles. The fourth-order valence-electron chi connectivity index (χ4n) is 2.39. The normalized spacial score (nSPS) is 13.2. The highest BCUT2D eigenvalue weighted by atomic mass is 16.5. The molecular formula is C19H33NO. The second-order valence-electron chi connectivity index (χ2n) is 6.96. The van der Waals surface area contributed by atoms with Gasteiger partial charge in [0, 0.05) is 6.54 Å². The van der Waals surface area contributed by atoms with Crippen molar-refractivity contribution >= 4 is 0 Å². The maximum absolute atomic E-state index is 6.24. The Kier molecular flexibility index (Phi) is 7.24. The van der Waals surface area contributed by atoms with Gasteiger partial charge in [-0.3, -0.25) is 0 Å². The van der Waals surface area contributed by atoms with E-state index in [1.54, 1.807) is 0 Å². The van der Waals surface area contributed by atoms with Crippen LogP contribution in [-0.2, 0) is 5.41 Å². The first-order valence-corrected chi connectivity index (χ1v) is 8.37. The first-order chi connectivity index (χ1) is 9.88. The van der Waals surface area contributed by atoms with Gasteiger partial charge >= 0.3 is 0 Å². The highest BCUT2D eigenvalue weighted by Gasteiger charge is 2.16. The fourth-order valence-corrected chi connectivity index (χ4v) is 2.39. The Labute approximate surface area is 131 Å². The van der Waals surface area contributed by atoms with Crippen LogP contribution in [0.15, 0.2) is 18.2 Å². The van der Waals surface area contributed by atoms with E-state index >= 15 is 0 Å². The average molecular weight is 291 g/mol. The summed E-state index contributed by atoms with van der Waals surface area (Å²) in [5.74, 6) is 1.03. The topological polar surface area (TPSA) is 21.3 Å². The summed E-state index contributed by atoms with van der Waals surface area (Å²) in [7, 11) is 0. The summed E-state index contributed by atoms with van der Waals surface area (Å²) in [6.07, 6.45) is 3.67. The first kappa shape index (κ1) is 18.0. The maximum Gasteiger partial charge on any atom is 0.122 e. The standard InChI is InChI=1S/C19H33NO/c1-7-9-17(14-20-12-8-2)21-18-11-10-16(13-15(18)3)19(4,5)6/h10-11,13,17,20H,7-9,12,14H2,1-6H3. The summed E-state index contributed by atoms with van der Waals surface area (Å²) >= 11 is 0. The Morgan fingerprint density at radius 2 is 1.86 bits per heavy atom. The number of hydrogen-bond donors (Lipinski definition) is 1. The lowest BCUT2D eigenvalue weighted by atomic mass is 9.86. The van der Waals surface area contributed by atoms with Gasteiger partial charge < -0.3 is 10.1 Å². The summed E-state index contributed by atoms with van der Waals surface area (Å²) in [6, 6.07) is 6.60. The van der Waals surface area contributed by atoms with Crippen molar-refractivity contribution < 1.29 is 4.74 Å². The largest absolute Gasteiger partial charge is 0.489 e. The second-order valence-corrected chi connectivity index (χ2v) is 6.96. The Morgan fingerprint density at radius 1 is 1.14 bits per heavy atom. The molecule has 21 heavy (non-hydrogen) atoms. The zero-order chi connectivity index (χ0) is 15.9. The minimum Gasteiger partial charge on any atom is -0.489 e. The molecule has 2 heteroatoms. The van der Waals surface area contributed by atoms with Gasteiger partial charge in [-0.25, -0.2) is 0 Å². The van der Waals surface area contributed by atoms with Crippen molar-refractivity contribution in [2.24, 2.45) is 0 Å². The van der Waals surface area contributed by atoms with Crippen LogP contribution < -0.4 is 10.1 Å². The van der Waals surface area contributed by atoms with Crippen LogP contribution in [0.2, 0.25) is 0 Å². The lowest BCUT2D eigenvalue weighted by Crippen LogP contribution is -2.32. The predicted molar refractivity (Wildman–Crippen MR) is 92.4 cm³/mol. The van der Waals surface area contributed by atoms with Gasteiger partial charge in [0.25, 0.3) is 0 Å². The van der Waals surface area contributed by atoms with E-state index in [0.717, 1.165) is 38.1 Å². The SMILES string of the molecule is CCCNCC(CCC)Oc1ccc(C(C)(C)C)cc1C. The van der Waals surface area contributed by atoms with Crippen molar-refractivity contribution in [2.45, 2.75) is 72.3 Å². The molecule has 0 heterocycles. The number of aryl methyl sites for hydroxylation is 1. The number of hydrogen-bond acceptors (Lipinski definition) is 2. The summed E-state index contributed by atoms with van der Waals surface area (Å²) in [6.45, 7) is 15.3. The number of benzene rings is 1. The molecule has 0 aliphatic heterocycles. The molecular weight excluding hydrogens is 258 g/mol. The summed E-state index contributed by atoms with van der Waals surface area (Å²) in [5.41, 5.74) is 2.79. The molecule has 120 valence electrons. The molecule has 0 radical (unpaired) electrons. The molecule has 0 aliphatic carbocycles. The lowest BCUT2D eigenvalue weighted by Gasteiger charge is -2.23. The molecule has 2 nitrogen and oxygen atoms in total. The van der Waals surface area contributed by atoms with E-state index in [0.29, 0.717) is 0 Å². The molecule has 1 rings (SSSR count). The summed E-state index contributed by atoms with van der Waals surface area (Å²) in [4.78, 5) is 0. The Bertz CT molecular complexity index is 420. The Balaban J connectivity index is 2.74. The van der Waals surface area contributed by atoms with Crippen molar-refractivity contribution in [2.75, 3.05) is 13.1 Å². The van der Waals surface area contributed by atoms with Crippen molar-refractivity contribution in [1.29, 1.82) is 0 Å². The fraction of sp³-hybridized carbons (Fsp3) is 0.684. The van der Waals surface area contributed by atoms with Crippen molar-refractivity contribution in [3.63, 3.8) is 0 Å². The van der Waals surface area contributed by atoms with E-state index < -0.39 is 0 Å². The quantitative estimate of drug-likeness (QED) is 0.692. The smallest absolute Gasteiger partial charge is 0.122 e. The van der Waals surface area contributed by atoms with Gasteiger partial charge in [-0.2, -0.15) is 0 Å². The molecule has 0 saturated heterocycles. The highest BCUT2D eigenvalue weighted by Crippen LogP contribution is 2.28. The van der Waals surface area contributed by atoms with Gasteiger partial charge in [-0.1, -0.05) is 53.2 Å². The van der Waals surface area contributed by atoms with Crippen molar-refractivity contribution in [3.8, 4) is 5.75 Å². The molecule has 0 saturated carbocycles. The van der Waals surface area contributed by atoms with Gasteiger partial charge in [0.05, 0.1) is 0 Å². The minimum absolute atomic E-state index is 0.189. The molecule has 1 atom stereocenters. The van der Waals surface area contributed by atoms with Crippen LogP contribution in [-0.4, -0.2) is 19.2 Å². The van der Waals surface area contributed by atoms with Gasteiger partial charge in [-0.15, -0.1) is 0 Å². The van der Waals surface area contributed by atoms with Gasteiger partial charge in [-0.05, 0) is 48.9 Å². The highest BCUT2D eigenvalue weighted by molar-refractivity contribution is 5.38. The molecule has 1 unspecified atom stereocenters. The van der Waals surface area contributed by atoms with E-state index in [4.69, 9.17) is 4.74 Å². The molecule has 0 amide bonds. The predicted octanol–water partition coefficient (Wildman–Crippen LogP) is 4.84. The van der Waals surface area contributed by atoms with Crippen LogP contribution >= 0.6 is 0 Å². The number of ether oxygens (including phenoxy) is 1. The Hall–Kier alpha value is -1.02. The molecule has 1 aromatic rings. The van der Waals surface area contributed by atoms with Crippen LogP contribution in [0, 0.1) is 6.92 Å². The molecule has 1 N–H and O–H groups in total. The third-order valence-corrected chi connectivity index (χ3v) is 3.74. The van der Waals surface area contributed by atoms with Crippen LogP contribution in [0.5, 0.6) is 5.75 Å². The molecule has 0 bridgehead atoms. The monoisotopic (exact) mass is 291 g/mol. The third-order valence-electron chi connectivity index (χ3n) is 3.74. The summed E-state index contributed by atoms with van der Waals surface area (Å²) in [5, 5.41) is 3.47. The molecule has 0 spiro atoms. The zero-order valence-corrected chi connectivity index (χ0v) is 14.8. The van der Waals surface area contributed by atoms with E-state index in [9.17, 15) is 0 Å². The van der Waals surface area contributed by atoms with Gasteiger partial charge in [0.15, 0.2) is 0 Å². The van der Waals surface area contributed by atoms with E-state index in [1.165, 1.54) is 11.1 Å². The van der Waals surface area contributed by atoms with Crippen LogP contribution in [0.4, 0.5) is 0 Å². The molecule has 0 aromatic heterocycles. The van der Waals surface area contributed by atoms with Crippen LogP contribution in [0.25, 0.3) is 0 Å². The van der Waals surface area contributed by atoms with Gasteiger partial charge in [0.1, 0.15) is 11.9 Å². The molecule has 0 fully saturated rings. The van der Waals surface area contributed by atoms with E-state index in [-0.39, 0.29) is 11.5 Å². The zero-order valence-electron chi connectivity index (χ0n) is 14.8. The van der Waals surface area contributed by atoms with Crippen LogP contribution in [0.1, 0.15) is 65.0 Å². The van der Waals surface area contributed by atoms with Crippen molar-refractivity contribution in [1.82, 2.24) is 5.32 Å². The number of rotatable bonds is 8. The second kappa shape index (κ2) is 8.43. The lowest BCUT2D eigenvalue weighted by molar-refractivity contribution is 0.185. The number of nitrogens with one attached hydrogen (secondary N) is 1. The maximum atomic E-state index is 6.24. The van der Waals surface area contributed by atoms with Gasteiger partial charge in [0.2, 0.25) is 0 Å². The summed E-state index contributed by atoms with van der Waals surface area (Å²) < 4.78 is 6.24. The molecule has 0 aliphatic rings. The average Bonchev–Trinajstić information content (AvgIpc) is 2.40.